The minimum absolute atomic E-state index is 0.0758. The van der Waals surface area contributed by atoms with E-state index in [2.05, 4.69) is 28.4 Å². The number of imidazole rings is 1. The van der Waals surface area contributed by atoms with Gasteiger partial charge < -0.3 is 24.1 Å². The van der Waals surface area contributed by atoms with Crippen LogP contribution in [-0.4, -0.2) is 62.8 Å². The summed E-state index contributed by atoms with van der Waals surface area (Å²) in [6.45, 7) is 11.7. The van der Waals surface area contributed by atoms with Gasteiger partial charge in [-0.25, -0.2) is 14.8 Å². The number of aromatic nitrogens is 4. The maximum atomic E-state index is 13.6. The SMILES string of the molecule is C=CCCOc1nc(-c2cc([C@@H](C)N(CC)C(=O)NC(CC=C)CC3(C(F)(F)F)CC3)ncc2OC)cn2ccnc12. The van der Waals surface area contributed by atoms with Crippen LogP contribution in [0.2, 0.25) is 0 Å². The van der Waals surface area contributed by atoms with Crippen LogP contribution in [0.5, 0.6) is 11.6 Å². The number of nitrogens with one attached hydrogen (secondary N) is 1. The first kappa shape index (κ1) is 30.9. The van der Waals surface area contributed by atoms with Crippen molar-refractivity contribution >= 4 is 11.7 Å². The van der Waals surface area contributed by atoms with Crippen molar-refractivity contribution in [2.75, 3.05) is 20.3 Å². The van der Waals surface area contributed by atoms with E-state index in [9.17, 15) is 18.0 Å². The van der Waals surface area contributed by atoms with Gasteiger partial charge in [0.1, 0.15) is 5.75 Å². The third-order valence-corrected chi connectivity index (χ3v) is 7.66. The Bertz CT molecular complexity index is 1420. The number of amides is 2. The van der Waals surface area contributed by atoms with Crippen LogP contribution in [0.25, 0.3) is 16.9 Å². The minimum atomic E-state index is -4.30. The molecule has 0 saturated heterocycles. The lowest BCUT2D eigenvalue weighted by Crippen LogP contribution is -2.47. The Morgan fingerprint density at radius 2 is 2.05 bits per heavy atom. The first-order valence-corrected chi connectivity index (χ1v) is 13.9. The summed E-state index contributed by atoms with van der Waals surface area (Å²) in [6.07, 6.45) is 6.63. The fourth-order valence-electron chi connectivity index (χ4n) is 5.05. The summed E-state index contributed by atoms with van der Waals surface area (Å²) in [4.78, 5) is 28.5. The summed E-state index contributed by atoms with van der Waals surface area (Å²) >= 11 is 0. The Morgan fingerprint density at radius 1 is 1.29 bits per heavy atom. The second-order valence-corrected chi connectivity index (χ2v) is 10.4. The number of carbonyl (C=O) groups excluding carboxylic acids is 1. The van der Waals surface area contributed by atoms with Crippen molar-refractivity contribution in [3.8, 4) is 22.9 Å². The summed E-state index contributed by atoms with van der Waals surface area (Å²) in [5, 5.41) is 2.82. The topological polar surface area (TPSA) is 93.9 Å². The zero-order chi connectivity index (χ0) is 30.5. The third-order valence-electron chi connectivity index (χ3n) is 7.66. The summed E-state index contributed by atoms with van der Waals surface area (Å²) in [7, 11) is 1.53. The Morgan fingerprint density at radius 3 is 2.67 bits per heavy atom. The van der Waals surface area contributed by atoms with Crippen LogP contribution in [0, 0.1) is 5.41 Å². The van der Waals surface area contributed by atoms with Gasteiger partial charge in [-0.05, 0) is 52.0 Å². The van der Waals surface area contributed by atoms with E-state index in [0.29, 0.717) is 53.8 Å². The first-order chi connectivity index (χ1) is 20.1. The van der Waals surface area contributed by atoms with E-state index >= 15 is 0 Å². The average Bonchev–Trinajstić information content (AvgIpc) is 3.60. The van der Waals surface area contributed by atoms with Crippen molar-refractivity contribution in [2.24, 2.45) is 5.41 Å². The zero-order valence-corrected chi connectivity index (χ0v) is 24.2. The zero-order valence-electron chi connectivity index (χ0n) is 24.2. The van der Waals surface area contributed by atoms with Crippen molar-refractivity contribution in [3.63, 3.8) is 0 Å². The number of hydrogen-bond donors (Lipinski definition) is 1. The molecule has 4 rings (SSSR count). The minimum Gasteiger partial charge on any atom is -0.494 e. The Hall–Kier alpha value is -4.09. The summed E-state index contributed by atoms with van der Waals surface area (Å²) in [5.41, 5.74) is 0.549. The molecule has 0 radical (unpaired) electrons. The Balaban J connectivity index is 1.60. The highest BCUT2D eigenvalue weighted by atomic mass is 19.4. The van der Waals surface area contributed by atoms with E-state index in [0.717, 1.165) is 0 Å². The molecule has 0 aliphatic heterocycles. The second kappa shape index (κ2) is 12.8. The number of alkyl halides is 3. The number of carbonyl (C=O) groups is 1. The molecular weight excluding hydrogens is 549 g/mol. The van der Waals surface area contributed by atoms with E-state index in [1.54, 1.807) is 41.3 Å². The molecule has 1 saturated carbocycles. The van der Waals surface area contributed by atoms with E-state index < -0.39 is 29.7 Å². The van der Waals surface area contributed by atoms with Gasteiger partial charge in [-0.15, -0.1) is 13.2 Å². The lowest BCUT2D eigenvalue weighted by atomic mass is 9.94. The molecule has 3 aromatic heterocycles. The molecule has 42 heavy (non-hydrogen) atoms. The van der Waals surface area contributed by atoms with Gasteiger partial charge in [0, 0.05) is 36.7 Å². The predicted octanol–water partition coefficient (Wildman–Crippen LogP) is 6.52. The molecule has 1 unspecified atom stereocenters. The Kier molecular flexibility index (Phi) is 9.43. The smallest absolute Gasteiger partial charge is 0.394 e. The molecule has 0 spiro atoms. The number of rotatable bonds is 14. The maximum absolute atomic E-state index is 13.6. The third kappa shape index (κ3) is 6.52. The van der Waals surface area contributed by atoms with Crippen molar-refractivity contribution in [1.29, 1.82) is 0 Å². The van der Waals surface area contributed by atoms with Gasteiger partial charge in [-0.2, -0.15) is 13.2 Å². The molecule has 0 bridgehead atoms. The molecule has 1 N–H and O–H groups in total. The molecule has 0 aromatic carbocycles. The van der Waals surface area contributed by atoms with Crippen LogP contribution in [0.1, 0.15) is 57.7 Å². The van der Waals surface area contributed by atoms with Crippen LogP contribution in [-0.2, 0) is 0 Å². The fraction of sp³-hybridized carbons (Fsp3) is 0.467. The average molecular weight is 587 g/mol. The highest BCUT2D eigenvalue weighted by molar-refractivity contribution is 5.75. The summed E-state index contributed by atoms with van der Waals surface area (Å²) < 4.78 is 54.1. The molecule has 1 aliphatic rings. The monoisotopic (exact) mass is 586 g/mol. The van der Waals surface area contributed by atoms with Gasteiger partial charge in [0.2, 0.25) is 5.65 Å². The van der Waals surface area contributed by atoms with Crippen molar-refractivity contribution in [1.82, 2.24) is 29.6 Å². The van der Waals surface area contributed by atoms with Crippen LogP contribution in [0.4, 0.5) is 18.0 Å². The van der Waals surface area contributed by atoms with E-state index in [1.807, 2.05) is 13.8 Å². The fourth-order valence-corrected chi connectivity index (χ4v) is 5.05. The molecule has 9 nitrogen and oxygen atoms in total. The van der Waals surface area contributed by atoms with Crippen molar-refractivity contribution in [2.45, 2.75) is 64.2 Å². The van der Waals surface area contributed by atoms with Crippen LogP contribution in [0.3, 0.4) is 0 Å². The predicted molar refractivity (Wildman–Crippen MR) is 153 cm³/mol. The molecule has 226 valence electrons. The number of hydrogen-bond acceptors (Lipinski definition) is 6. The quantitative estimate of drug-likeness (QED) is 0.171. The van der Waals surface area contributed by atoms with Gasteiger partial charge in [0.25, 0.3) is 5.88 Å². The number of ether oxygens (including phenoxy) is 2. The van der Waals surface area contributed by atoms with Gasteiger partial charge in [0.05, 0.1) is 42.8 Å². The number of halogens is 3. The first-order valence-electron chi connectivity index (χ1n) is 13.9. The van der Waals surface area contributed by atoms with E-state index in [1.165, 1.54) is 18.1 Å². The number of urea groups is 1. The van der Waals surface area contributed by atoms with E-state index in [4.69, 9.17) is 14.5 Å². The molecule has 2 amide bonds. The summed E-state index contributed by atoms with van der Waals surface area (Å²) in [5.74, 6) is 0.818. The van der Waals surface area contributed by atoms with Gasteiger partial charge in [0.15, 0.2) is 0 Å². The molecule has 3 heterocycles. The van der Waals surface area contributed by atoms with Crippen molar-refractivity contribution < 1.29 is 27.4 Å². The number of fused-ring (bicyclic) bond motifs is 1. The van der Waals surface area contributed by atoms with Gasteiger partial charge >= 0.3 is 12.2 Å². The van der Waals surface area contributed by atoms with Gasteiger partial charge in [-0.1, -0.05) is 12.2 Å². The van der Waals surface area contributed by atoms with Crippen molar-refractivity contribution in [3.05, 3.63) is 61.9 Å². The van der Waals surface area contributed by atoms with Gasteiger partial charge in [-0.3, -0.25) is 4.98 Å². The van der Waals surface area contributed by atoms with Crippen LogP contribution in [0.15, 0.2) is 56.2 Å². The number of pyridine rings is 1. The second-order valence-electron chi connectivity index (χ2n) is 10.4. The van der Waals surface area contributed by atoms with Crippen LogP contribution >= 0.6 is 0 Å². The van der Waals surface area contributed by atoms with Crippen LogP contribution < -0.4 is 14.8 Å². The molecule has 1 fully saturated rings. The normalized spacial score (nSPS) is 15.5. The standard InChI is InChI=1S/C30H37F3N6O3/c1-6-9-15-42-27-26-34-13-14-38(26)19-24(37-27)22-16-23(35-18-25(22)41-5)20(4)39(8-3)28(40)36-21(10-7-2)17-29(11-12-29)30(31,32)33/h6-7,13-14,16,18-21H,1-2,8-12,15,17H2,3-5H3,(H,36,40)/t20-,21?/m1/s1. The maximum Gasteiger partial charge on any atom is 0.394 e. The summed E-state index contributed by atoms with van der Waals surface area (Å²) in [6, 6.07) is 0.124. The molecule has 2 atom stereocenters. The Labute approximate surface area is 243 Å². The number of methoxy groups -OCH3 is 1. The molecular formula is C30H37F3N6O3. The highest BCUT2D eigenvalue weighted by Gasteiger charge is 2.63. The largest absolute Gasteiger partial charge is 0.494 e. The number of nitrogens with zero attached hydrogens (tertiary/aromatic N) is 5. The van der Waals surface area contributed by atoms with E-state index in [-0.39, 0.29) is 25.7 Å². The molecule has 1 aliphatic carbocycles. The lowest BCUT2D eigenvalue weighted by molar-refractivity contribution is -0.190. The molecule has 3 aromatic rings. The highest BCUT2D eigenvalue weighted by Crippen LogP contribution is 2.60. The molecule has 12 heteroatoms. The lowest BCUT2D eigenvalue weighted by Gasteiger charge is -2.32.